The zero-order valence-corrected chi connectivity index (χ0v) is 17.3. The zero-order chi connectivity index (χ0) is 20.1. The minimum absolute atomic E-state index is 0.323. The van der Waals surface area contributed by atoms with Crippen molar-refractivity contribution in [2.45, 2.75) is 39.0 Å². The van der Waals surface area contributed by atoms with E-state index in [-0.39, 0.29) is 4.75 Å². The number of oxazole rings is 1. The Morgan fingerprint density at radius 3 is 2.43 bits per heavy atom. The fourth-order valence-corrected chi connectivity index (χ4v) is 2.87. The fourth-order valence-electron chi connectivity index (χ4n) is 2.33. The van der Waals surface area contributed by atoms with Gasteiger partial charge >= 0.3 is 0 Å². The number of rotatable bonds is 6. The van der Waals surface area contributed by atoms with Gasteiger partial charge in [0.25, 0.3) is 0 Å². The van der Waals surface area contributed by atoms with Crippen molar-refractivity contribution in [3.05, 3.63) is 71.6 Å². The van der Waals surface area contributed by atoms with Gasteiger partial charge in [0.05, 0.1) is 4.75 Å². The summed E-state index contributed by atoms with van der Waals surface area (Å²) in [6.45, 7) is 7.89. The van der Waals surface area contributed by atoms with Crippen LogP contribution < -0.4 is 4.74 Å². The molecule has 2 aromatic carbocycles. The van der Waals surface area contributed by atoms with Crippen LogP contribution in [-0.4, -0.2) is 20.2 Å². The van der Waals surface area contributed by atoms with E-state index in [1.54, 1.807) is 6.21 Å². The van der Waals surface area contributed by atoms with Crippen LogP contribution in [0, 0.1) is 6.92 Å². The van der Waals surface area contributed by atoms with Crippen molar-refractivity contribution in [2.24, 2.45) is 4.40 Å². The molecule has 3 aromatic rings. The predicted octanol–water partition coefficient (Wildman–Crippen LogP) is 5.11. The molecule has 0 saturated carbocycles. The third-order valence-corrected chi connectivity index (χ3v) is 5.34. The summed E-state index contributed by atoms with van der Waals surface area (Å²) in [7, 11) is -1.27. The second-order valence-corrected chi connectivity index (χ2v) is 9.28. The van der Waals surface area contributed by atoms with Crippen LogP contribution in [0.1, 0.15) is 37.8 Å². The van der Waals surface area contributed by atoms with E-state index in [4.69, 9.17) is 9.15 Å². The van der Waals surface area contributed by atoms with Gasteiger partial charge in [-0.1, -0.05) is 18.2 Å². The lowest BCUT2D eigenvalue weighted by atomic mass is 10.2. The molecular formula is C22H24N2O3S. The van der Waals surface area contributed by atoms with Gasteiger partial charge in [0, 0.05) is 11.8 Å². The molecule has 1 atom stereocenters. The lowest BCUT2D eigenvalue weighted by Gasteiger charge is -2.12. The van der Waals surface area contributed by atoms with E-state index in [2.05, 4.69) is 9.38 Å². The number of benzene rings is 2. The minimum Gasteiger partial charge on any atom is -0.487 e. The Hall–Kier alpha value is -2.73. The summed E-state index contributed by atoms with van der Waals surface area (Å²) in [5.74, 6) is 2.06. The van der Waals surface area contributed by atoms with Crippen molar-refractivity contribution in [2.75, 3.05) is 0 Å². The molecule has 3 rings (SSSR count). The van der Waals surface area contributed by atoms with Crippen molar-refractivity contribution >= 4 is 17.2 Å². The highest BCUT2D eigenvalue weighted by Gasteiger charge is 2.18. The van der Waals surface area contributed by atoms with Crippen molar-refractivity contribution in [1.29, 1.82) is 0 Å². The average molecular weight is 397 g/mol. The molecule has 0 radical (unpaired) electrons. The fraction of sp³-hybridized carbons (Fsp3) is 0.273. The van der Waals surface area contributed by atoms with E-state index in [0.29, 0.717) is 12.5 Å². The molecule has 6 heteroatoms. The summed E-state index contributed by atoms with van der Waals surface area (Å²) >= 11 is 0. The topological polar surface area (TPSA) is 64.7 Å². The number of ether oxygens (including phenoxy) is 1. The van der Waals surface area contributed by atoms with Gasteiger partial charge < -0.3 is 9.15 Å². The Morgan fingerprint density at radius 2 is 1.79 bits per heavy atom. The highest BCUT2D eigenvalue weighted by molar-refractivity contribution is 7.85. The van der Waals surface area contributed by atoms with E-state index in [1.807, 2.05) is 82.3 Å². The van der Waals surface area contributed by atoms with Gasteiger partial charge in [0.2, 0.25) is 5.89 Å². The molecule has 1 unspecified atom stereocenters. The third kappa shape index (κ3) is 5.16. The van der Waals surface area contributed by atoms with Gasteiger partial charge in [-0.2, -0.15) is 4.40 Å². The quantitative estimate of drug-likeness (QED) is 0.543. The van der Waals surface area contributed by atoms with E-state index in [1.165, 1.54) is 0 Å². The molecule has 0 aliphatic heterocycles. The SMILES string of the molecule is Cc1oc(-c2ccccc2)nc1COc1ccc(C=NS(=O)C(C)(C)C)cc1. The first-order valence-corrected chi connectivity index (χ1v) is 10.1. The third-order valence-electron chi connectivity index (χ3n) is 3.99. The molecule has 5 nitrogen and oxygen atoms in total. The molecule has 0 saturated heterocycles. The van der Waals surface area contributed by atoms with Gasteiger partial charge in [0.1, 0.15) is 34.8 Å². The number of nitrogens with zero attached hydrogens (tertiary/aromatic N) is 2. The van der Waals surface area contributed by atoms with Gasteiger partial charge in [-0.25, -0.2) is 9.19 Å². The summed E-state index contributed by atoms with van der Waals surface area (Å²) in [6.07, 6.45) is 1.62. The number of aromatic nitrogens is 1. The van der Waals surface area contributed by atoms with Crippen LogP contribution in [0.3, 0.4) is 0 Å². The van der Waals surface area contributed by atoms with E-state index in [9.17, 15) is 4.21 Å². The monoisotopic (exact) mass is 396 g/mol. The van der Waals surface area contributed by atoms with Crippen LogP contribution in [0.15, 0.2) is 63.4 Å². The molecule has 0 aliphatic rings. The summed E-state index contributed by atoms with van der Waals surface area (Å²) in [4.78, 5) is 4.54. The van der Waals surface area contributed by atoms with Crippen molar-refractivity contribution in [1.82, 2.24) is 4.98 Å². The second-order valence-electron chi connectivity index (χ2n) is 7.34. The summed E-state index contributed by atoms with van der Waals surface area (Å²) in [5.41, 5.74) is 2.58. The van der Waals surface area contributed by atoms with Crippen LogP contribution in [0.25, 0.3) is 11.5 Å². The number of aryl methyl sites for hydroxylation is 1. The maximum absolute atomic E-state index is 12.0. The second kappa shape index (κ2) is 8.52. The van der Waals surface area contributed by atoms with Gasteiger partial charge in [-0.05, 0) is 69.7 Å². The van der Waals surface area contributed by atoms with Gasteiger partial charge in [0.15, 0.2) is 0 Å². The Morgan fingerprint density at radius 1 is 1.11 bits per heavy atom. The summed E-state index contributed by atoms with van der Waals surface area (Å²) in [5, 5.41) is 0. The number of hydrogen-bond acceptors (Lipinski definition) is 4. The highest BCUT2D eigenvalue weighted by Crippen LogP contribution is 2.22. The smallest absolute Gasteiger partial charge is 0.226 e. The Labute approximate surface area is 168 Å². The highest BCUT2D eigenvalue weighted by atomic mass is 32.2. The molecule has 146 valence electrons. The van der Waals surface area contributed by atoms with Crippen LogP contribution in [0.5, 0.6) is 5.75 Å². The first-order chi connectivity index (χ1) is 13.3. The van der Waals surface area contributed by atoms with Crippen LogP contribution in [0.4, 0.5) is 0 Å². The Kier molecular flexibility index (Phi) is 6.09. The first kappa shape index (κ1) is 20.0. The molecule has 0 aliphatic carbocycles. The standard InChI is InChI=1S/C22H24N2O3S/c1-16-20(24-21(27-16)18-8-6-5-7-9-18)15-26-19-12-10-17(11-13-19)14-23-28(25)22(2,3)4/h5-14H,15H2,1-4H3. The Balaban J connectivity index is 1.62. The predicted molar refractivity (Wildman–Crippen MR) is 113 cm³/mol. The van der Waals surface area contributed by atoms with E-state index >= 15 is 0 Å². The maximum Gasteiger partial charge on any atom is 0.226 e. The largest absolute Gasteiger partial charge is 0.487 e. The average Bonchev–Trinajstić information content (AvgIpc) is 3.06. The van der Waals surface area contributed by atoms with Crippen molar-refractivity contribution in [3.63, 3.8) is 0 Å². The van der Waals surface area contributed by atoms with Crippen molar-refractivity contribution < 1.29 is 13.4 Å². The molecule has 0 spiro atoms. The number of hydrogen-bond donors (Lipinski definition) is 0. The van der Waals surface area contributed by atoms with Crippen LogP contribution in [-0.2, 0) is 17.6 Å². The van der Waals surface area contributed by atoms with Crippen molar-refractivity contribution in [3.8, 4) is 17.2 Å². The molecule has 0 bridgehead atoms. The summed E-state index contributed by atoms with van der Waals surface area (Å²) < 4.78 is 27.3. The first-order valence-electron chi connectivity index (χ1n) is 9.03. The molecule has 1 heterocycles. The van der Waals surface area contributed by atoms with E-state index < -0.39 is 11.0 Å². The van der Waals surface area contributed by atoms with Gasteiger partial charge in [-0.15, -0.1) is 0 Å². The summed E-state index contributed by atoms with van der Waals surface area (Å²) in [6, 6.07) is 17.3. The molecular weight excluding hydrogens is 372 g/mol. The molecule has 0 fully saturated rings. The lowest BCUT2D eigenvalue weighted by Crippen LogP contribution is -2.19. The van der Waals surface area contributed by atoms with E-state index in [0.717, 1.165) is 28.3 Å². The van der Waals surface area contributed by atoms with Gasteiger partial charge in [-0.3, -0.25) is 0 Å². The molecule has 0 N–H and O–H groups in total. The van der Waals surface area contributed by atoms with Crippen LogP contribution in [0.2, 0.25) is 0 Å². The zero-order valence-electron chi connectivity index (χ0n) is 16.5. The molecule has 1 aromatic heterocycles. The lowest BCUT2D eigenvalue weighted by molar-refractivity contribution is 0.299. The minimum atomic E-state index is -1.27. The molecule has 0 amide bonds. The maximum atomic E-state index is 12.0. The molecule has 28 heavy (non-hydrogen) atoms. The van der Waals surface area contributed by atoms with Crippen LogP contribution >= 0.6 is 0 Å². The Bertz CT molecular complexity index is 971. The normalized spacial score (nSPS) is 13.0.